The highest BCUT2D eigenvalue weighted by molar-refractivity contribution is 5.77. The predicted octanol–water partition coefficient (Wildman–Crippen LogP) is 0.283. The summed E-state index contributed by atoms with van der Waals surface area (Å²) in [5.74, 6) is 0.475. The fourth-order valence-electron chi connectivity index (χ4n) is 1.61. The SMILES string of the molecule is CC1CCC(NC(=O)CO)C1. The molecule has 0 aromatic heterocycles. The summed E-state index contributed by atoms with van der Waals surface area (Å²) < 4.78 is 0. The number of carbonyl (C=O) groups excluding carboxylic acids is 1. The van der Waals surface area contributed by atoms with E-state index in [2.05, 4.69) is 12.2 Å². The summed E-state index contributed by atoms with van der Waals surface area (Å²) in [6, 6.07) is 0.310. The Morgan fingerprint density at radius 3 is 2.82 bits per heavy atom. The van der Waals surface area contributed by atoms with Gasteiger partial charge in [0.1, 0.15) is 6.61 Å². The maximum atomic E-state index is 10.7. The van der Waals surface area contributed by atoms with E-state index < -0.39 is 0 Å². The smallest absolute Gasteiger partial charge is 0.245 e. The van der Waals surface area contributed by atoms with Crippen molar-refractivity contribution in [2.24, 2.45) is 5.92 Å². The van der Waals surface area contributed by atoms with E-state index in [4.69, 9.17) is 5.11 Å². The lowest BCUT2D eigenvalue weighted by Gasteiger charge is -2.10. The van der Waals surface area contributed by atoms with Gasteiger partial charge in [-0.15, -0.1) is 0 Å². The quantitative estimate of drug-likeness (QED) is 0.605. The van der Waals surface area contributed by atoms with Crippen LogP contribution in [0.1, 0.15) is 26.2 Å². The molecular formula is C8H15NO2. The molecule has 0 aromatic carbocycles. The number of aliphatic hydroxyl groups excluding tert-OH is 1. The molecule has 1 saturated carbocycles. The molecule has 0 aliphatic heterocycles. The van der Waals surface area contributed by atoms with E-state index in [1.807, 2.05) is 0 Å². The maximum Gasteiger partial charge on any atom is 0.245 e. The van der Waals surface area contributed by atoms with Crippen LogP contribution < -0.4 is 5.32 Å². The predicted molar refractivity (Wildman–Crippen MR) is 42.0 cm³/mol. The second-order valence-electron chi connectivity index (χ2n) is 3.34. The van der Waals surface area contributed by atoms with Gasteiger partial charge < -0.3 is 10.4 Å². The van der Waals surface area contributed by atoms with Gasteiger partial charge in [-0.1, -0.05) is 6.92 Å². The fraction of sp³-hybridized carbons (Fsp3) is 0.875. The first kappa shape index (κ1) is 8.53. The van der Waals surface area contributed by atoms with Crippen LogP contribution in [0.5, 0.6) is 0 Å². The van der Waals surface area contributed by atoms with Gasteiger partial charge in [-0.3, -0.25) is 4.79 Å². The first-order valence-electron chi connectivity index (χ1n) is 4.12. The third-order valence-electron chi connectivity index (χ3n) is 2.20. The van der Waals surface area contributed by atoms with Crippen molar-refractivity contribution in [1.82, 2.24) is 5.32 Å². The minimum atomic E-state index is -0.384. The highest BCUT2D eigenvalue weighted by atomic mass is 16.3. The molecule has 0 heterocycles. The van der Waals surface area contributed by atoms with Gasteiger partial charge >= 0.3 is 0 Å². The van der Waals surface area contributed by atoms with Crippen LogP contribution in [-0.2, 0) is 4.79 Å². The number of rotatable bonds is 2. The third kappa shape index (κ3) is 2.50. The Morgan fingerprint density at radius 2 is 2.36 bits per heavy atom. The third-order valence-corrected chi connectivity index (χ3v) is 2.20. The van der Waals surface area contributed by atoms with Crippen LogP contribution >= 0.6 is 0 Å². The van der Waals surface area contributed by atoms with Crippen molar-refractivity contribution in [1.29, 1.82) is 0 Å². The van der Waals surface area contributed by atoms with Crippen molar-refractivity contribution < 1.29 is 9.90 Å². The Kier molecular flexibility index (Phi) is 2.88. The molecule has 64 valence electrons. The zero-order valence-corrected chi connectivity index (χ0v) is 6.84. The normalized spacial score (nSPS) is 30.4. The molecule has 3 nitrogen and oxygen atoms in total. The lowest BCUT2D eigenvalue weighted by molar-refractivity contribution is -0.124. The average Bonchev–Trinajstić information content (AvgIpc) is 2.35. The van der Waals surface area contributed by atoms with Crippen LogP contribution in [0.25, 0.3) is 0 Å². The Hall–Kier alpha value is -0.570. The zero-order valence-electron chi connectivity index (χ0n) is 6.84. The van der Waals surface area contributed by atoms with Crippen LogP contribution in [0, 0.1) is 5.92 Å². The van der Waals surface area contributed by atoms with E-state index in [1.165, 1.54) is 6.42 Å². The molecule has 1 rings (SSSR count). The number of nitrogens with one attached hydrogen (secondary N) is 1. The van der Waals surface area contributed by atoms with Gasteiger partial charge in [0, 0.05) is 6.04 Å². The molecule has 1 aliphatic rings. The summed E-state index contributed by atoms with van der Waals surface area (Å²) in [5.41, 5.74) is 0. The van der Waals surface area contributed by atoms with E-state index in [0.717, 1.165) is 18.8 Å². The van der Waals surface area contributed by atoms with E-state index in [-0.39, 0.29) is 12.5 Å². The molecule has 2 unspecified atom stereocenters. The summed E-state index contributed by atoms with van der Waals surface area (Å²) >= 11 is 0. The molecule has 0 aromatic rings. The van der Waals surface area contributed by atoms with Gasteiger partial charge in [-0.25, -0.2) is 0 Å². The minimum Gasteiger partial charge on any atom is -0.387 e. The molecule has 0 saturated heterocycles. The monoisotopic (exact) mass is 157 g/mol. The van der Waals surface area contributed by atoms with Gasteiger partial charge in [0.25, 0.3) is 0 Å². The first-order valence-corrected chi connectivity index (χ1v) is 4.12. The molecule has 11 heavy (non-hydrogen) atoms. The molecule has 3 heteroatoms. The highest BCUT2D eigenvalue weighted by Gasteiger charge is 2.21. The van der Waals surface area contributed by atoms with Gasteiger partial charge in [-0.05, 0) is 25.2 Å². The van der Waals surface area contributed by atoms with Crippen molar-refractivity contribution in [3.63, 3.8) is 0 Å². The standard InChI is InChI=1S/C8H15NO2/c1-6-2-3-7(4-6)9-8(11)5-10/h6-7,10H,2-5H2,1H3,(H,9,11). The molecule has 1 aliphatic carbocycles. The summed E-state index contributed by atoms with van der Waals surface area (Å²) in [7, 11) is 0. The number of hydrogen-bond donors (Lipinski definition) is 2. The lowest BCUT2D eigenvalue weighted by atomic mass is 10.1. The Bertz CT molecular complexity index is 147. The summed E-state index contributed by atoms with van der Waals surface area (Å²) in [4.78, 5) is 10.7. The summed E-state index contributed by atoms with van der Waals surface area (Å²) in [6.45, 7) is 1.80. The molecule has 2 atom stereocenters. The first-order chi connectivity index (χ1) is 5.22. The molecule has 0 bridgehead atoms. The Morgan fingerprint density at radius 1 is 1.64 bits per heavy atom. The molecule has 0 radical (unpaired) electrons. The van der Waals surface area contributed by atoms with Crippen LogP contribution in [0.15, 0.2) is 0 Å². The van der Waals surface area contributed by atoms with E-state index >= 15 is 0 Å². The van der Waals surface area contributed by atoms with Crippen LogP contribution in [-0.4, -0.2) is 23.7 Å². The average molecular weight is 157 g/mol. The molecule has 1 amide bonds. The van der Waals surface area contributed by atoms with Crippen molar-refractivity contribution in [2.45, 2.75) is 32.2 Å². The fourth-order valence-corrected chi connectivity index (χ4v) is 1.61. The van der Waals surface area contributed by atoms with Crippen LogP contribution in [0.2, 0.25) is 0 Å². The second kappa shape index (κ2) is 3.72. The number of carbonyl (C=O) groups is 1. The van der Waals surface area contributed by atoms with Crippen LogP contribution in [0.4, 0.5) is 0 Å². The van der Waals surface area contributed by atoms with Crippen molar-refractivity contribution in [3.8, 4) is 0 Å². The van der Waals surface area contributed by atoms with E-state index in [1.54, 1.807) is 0 Å². The van der Waals surface area contributed by atoms with Gasteiger partial charge in [0.2, 0.25) is 5.91 Å². The maximum absolute atomic E-state index is 10.7. The molecule has 1 fully saturated rings. The second-order valence-corrected chi connectivity index (χ2v) is 3.34. The van der Waals surface area contributed by atoms with Gasteiger partial charge in [-0.2, -0.15) is 0 Å². The number of hydrogen-bond acceptors (Lipinski definition) is 2. The Labute approximate surface area is 66.8 Å². The summed E-state index contributed by atoms with van der Waals surface area (Å²) in [6.07, 6.45) is 3.31. The van der Waals surface area contributed by atoms with Gasteiger partial charge in [0.15, 0.2) is 0 Å². The molecular weight excluding hydrogens is 142 g/mol. The number of aliphatic hydroxyl groups is 1. The van der Waals surface area contributed by atoms with Crippen molar-refractivity contribution in [3.05, 3.63) is 0 Å². The lowest BCUT2D eigenvalue weighted by Crippen LogP contribution is -2.34. The number of amides is 1. The highest BCUT2D eigenvalue weighted by Crippen LogP contribution is 2.24. The minimum absolute atomic E-state index is 0.246. The van der Waals surface area contributed by atoms with Crippen molar-refractivity contribution >= 4 is 5.91 Å². The largest absolute Gasteiger partial charge is 0.387 e. The van der Waals surface area contributed by atoms with E-state index in [0.29, 0.717) is 6.04 Å². The van der Waals surface area contributed by atoms with Crippen LogP contribution in [0.3, 0.4) is 0 Å². The topological polar surface area (TPSA) is 49.3 Å². The molecule has 2 N–H and O–H groups in total. The van der Waals surface area contributed by atoms with Crippen molar-refractivity contribution in [2.75, 3.05) is 6.61 Å². The molecule has 0 spiro atoms. The Balaban J connectivity index is 2.23. The van der Waals surface area contributed by atoms with E-state index in [9.17, 15) is 4.79 Å². The van der Waals surface area contributed by atoms with Gasteiger partial charge in [0.05, 0.1) is 0 Å². The zero-order chi connectivity index (χ0) is 8.27. The summed E-state index contributed by atoms with van der Waals surface area (Å²) in [5, 5.41) is 11.2.